The van der Waals surface area contributed by atoms with Crippen molar-refractivity contribution in [3.8, 4) is 0 Å². The van der Waals surface area contributed by atoms with Gasteiger partial charge >= 0.3 is 6.09 Å². The van der Waals surface area contributed by atoms with Crippen molar-refractivity contribution in [1.29, 1.82) is 0 Å². The molecule has 1 aliphatic rings. The van der Waals surface area contributed by atoms with Gasteiger partial charge in [-0.3, -0.25) is 0 Å². The van der Waals surface area contributed by atoms with Gasteiger partial charge in [-0.05, 0) is 56.5 Å². The van der Waals surface area contributed by atoms with Crippen LogP contribution in [0.5, 0.6) is 0 Å². The van der Waals surface area contributed by atoms with Gasteiger partial charge in [0.15, 0.2) is 0 Å². The Hall–Kier alpha value is -1.000. The van der Waals surface area contributed by atoms with Crippen molar-refractivity contribution in [2.24, 2.45) is 0 Å². The molecule has 1 heterocycles. The van der Waals surface area contributed by atoms with Crippen molar-refractivity contribution in [1.82, 2.24) is 4.90 Å². The molecule has 114 valence electrons. The van der Waals surface area contributed by atoms with Crippen LogP contribution in [-0.4, -0.2) is 29.7 Å². The molecule has 21 heavy (non-hydrogen) atoms. The average molecular weight is 373 g/mol. The van der Waals surface area contributed by atoms with E-state index >= 15 is 0 Å². The molecule has 2 rings (SSSR count). The van der Waals surface area contributed by atoms with Crippen LogP contribution in [0.4, 0.5) is 4.79 Å². The SMILES string of the molecule is CC(C)(C)OC(=O)N1CC=C(c2cc(Cl)ccc2Br)CC1. The van der Waals surface area contributed by atoms with Crippen molar-refractivity contribution in [2.75, 3.05) is 13.1 Å². The first-order valence-corrected chi connectivity index (χ1v) is 8.06. The molecule has 0 fully saturated rings. The van der Waals surface area contributed by atoms with Crippen LogP contribution in [0.25, 0.3) is 5.57 Å². The molecule has 1 aliphatic heterocycles. The highest BCUT2D eigenvalue weighted by atomic mass is 79.9. The molecule has 0 radical (unpaired) electrons. The van der Waals surface area contributed by atoms with Crippen LogP contribution in [0.3, 0.4) is 0 Å². The van der Waals surface area contributed by atoms with E-state index in [1.807, 2.05) is 39.0 Å². The fourth-order valence-corrected chi connectivity index (χ4v) is 2.82. The van der Waals surface area contributed by atoms with E-state index in [9.17, 15) is 4.79 Å². The number of nitrogens with zero attached hydrogens (tertiary/aromatic N) is 1. The zero-order chi connectivity index (χ0) is 15.6. The number of ether oxygens (including phenoxy) is 1. The second-order valence-electron chi connectivity index (χ2n) is 6.03. The number of carbonyl (C=O) groups excluding carboxylic acids is 1. The fourth-order valence-electron chi connectivity index (χ4n) is 2.15. The largest absolute Gasteiger partial charge is 0.444 e. The second kappa shape index (κ2) is 6.41. The summed E-state index contributed by atoms with van der Waals surface area (Å²) in [5.41, 5.74) is 1.83. The molecule has 1 aromatic carbocycles. The Morgan fingerprint density at radius 2 is 2.10 bits per heavy atom. The molecule has 0 bridgehead atoms. The van der Waals surface area contributed by atoms with Crippen molar-refractivity contribution < 1.29 is 9.53 Å². The Morgan fingerprint density at radius 1 is 1.38 bits per heavy atom. The Kier molecular flexibility index (Phi) is 4.99. The summed E-state index contributed by atoms with van der Waals surface area (Å²) in [5, 5.41) is 0.712. The Morgan fingerprint density at radius 3 is 2.67 bits per heavy atom. The first-order valence-electron chi connectivity index (χ1n) is 6.88. The van der Waals surface area contributed by atoms with Gasteiger partial charge < -0.3 is 9.64 Å². The number of rotatable bonds is 1. The molecule has 1 aromatic rings. The smallest absolute Gasteiger partial charge is 0.410 e. The zero-order valence-electron chi connectivity index (χ0n) is 12.5. The maximum Gasteiger partial charge on any atom is 0.410 e. The molecule has 0 N–H and O–H groups in total. The number of hydrogen-bond acceptors (Lipinski definition) is 2. The zero-order valence-corrected chi connectivity index (χ0v) is 14.8. The van der Waals surface area contributed by atoms with E-state index in [-0.39, 0.29) is 6.09 Å². The standard InChI is InChI=1S/C16H19BrClNO2/c1-16(2,3)21-15(20)19-8-6-11(7-9-19)13-10-12(18)4-5-14(13)17/h4-6,10H,7-9H2,1-3H3. The molecule has 0 spiro atoms. The van der Waals surface area contributed by atoms with Gasteiger partial charge in [0.05, 0.1) is 0 Å². The number of hydrogen-bond donors (Lipinski definition) is 0. The van der Waals surface area contributed by atoms with Crippen LogP contribution >= 0.6 is 27.5 Å². The topological polar surface area (TPSA) is 29.5 Å². The van der Waals surface area contributed by atoms with Gasteiger partial charge in [0, 0.05) is 22.6 Å². The minimum atomic E-state index is -0.461. The third-order valence-electron chi connectivity index (χ3n) is 3.14. The van der Waals surface area contributed by atoms with Crippen LogP contribution in [0.1, 0.15) is 32.8 Å². The predicted octanol–water partition coefficient (Wildman–Crippen LogP) is 5.13. The summed E-state index contributed by atoms with van der Waals surface area (Å²) >= 11 is 9.60. The van der Waals surface area contributed by atoms with Gasteiger partial charge in [0.1, 0.15) is 5.60 Å². The predicted molar refractivity (Wildman–Crippen MR) is 89.6 cm³/mol. The molecule has 1 amide bonds. The summed E-state index contributed by atoms with van der Waals surface area (Å²) in [4.78, 5) is 13.7. The second-order valence-corrected chi connectivity index (χ2v) is 7.32. The summed E-state index contributed by atoms with van der Waals surface area (Å²) in [6, 6.07) is 5.74. The number of carbonyl (C=O) groups is 1. The fraction of sp³-hybridized carbons (Fsp3) is 0.438. The van der Waals surface area contributed by atoms with Gasteiger partial charge in [-0.1, -0.05) is 33.6 Å². The molecule has 0 saturated heterocycles. The van der Waals surface area contributed by atoms with E-state index in [1.165, 1.54) is 5.57 Å². The van der Waals surface area contributed by atoms with Gasteiger partial charge in [-0.25, -0.2) is 4.79 Å². The maximum atomic E-state index is 12.0. The molecule has 0 aliphatic carbocycles. The summed E-state index contributed by atoms with van der Waals surface area (Å²) in [5.74, 6) is 0. The lowest BCUT2D eigenvalue weighted by atomic mass is 10.00. The normalized spacial score (nSPS) is 15.7. The first-order chi connectivity index (χ1) is 9.76. The molecule has 3 nitrogen and oxygen atoms in total. The molecule has 5 heteroatoms. The molecule has 0 atom stereocenters. The lowest BCUT2D eigenvalue weighted by Gasteiger charge is -2.29. The lowest BCUT2D eigenvalue weighted by Crippen LogP contribution is -2.39. The van der Waals surface area contributed by atoms with Crippen LogP contribution in [0, 0.1) is 0 Å². The molecular formula is C16H19BrClNO2. The monoisotopic (exact) mass is 371 g/mol. The summed E-state index contributed by atoms with van der Waals surface area (Å²) in [7, 11) is 0. The Bertz CT molecular complexity index is 578. The van der Waals surface area contributed by atoms with Crippen molar-refractivity contribution in [3.05, 3.63) is 39.3 Å². The van der Waals surface area contributed by atoms with Crippen molar-refractivity contribution in [2.45, 2.75) is 32.8 Å². The van der Waals surface area contributed by atoms with Crippen LogP contribution < -0.4 is 0 Å². The van der Waals surface area contributed by atoms with Gasteiger partial charge in [-0.2, -0.15) is 0 Å². The summed E-state index contributed by atoms with van der Waals surface area (Å²) in [6.07, 6.45) is 2.59. The summed E-state index contributed by atoms with van der Waals surface area (Å²) in [6.45, 7) is 6.83. The highest BCUT2D eigenvalue weighted by molar-refractivity contribution is 9.10. The van der Waals surface area contributed by atoms with Gasteiger partial charge in [0.25, 0.3) is 0 Å². The summed E-state index contributed by atoms with van der Waals surface area (Å²) < 4.78 is 6.41. The van der Waals surface area contributed by atoms with E-state index in [0.29, 0.717) is 18.1 Å². The van der Waals surface area contributed by atoms with E-state index in [1.54, 1.807) is 4.90 Å². The van der Waals surface area contributed by atoms with Crippen LogP contribution in [-0.2, 0) is 4.74 Å². The Balaban J connectivity index is 2.08. The maximum absolute atomic E-state index is 12.0. The first kappa shape index (κ1) is 16.4. The highest BCUT2D eigenvalue weighted by Crippen LogP contribution is 2.31. The third-order valence-corrected chi connectivity index (χ3v) is 4.06. The minimum Gasteiger partial charge on any atom is -0.444 e. The van der Waals surface area contributed by atoms with E-state index in [0.717, 1.165) is 16.5 Å². The van der Waals surface area contributed by atoms with Crippen LogP contribution in [0.15, 0.2) is 28.7 Å². The average Bonchev–Trinajstić information content (AvgIpc) is 2.40. The van der Waals surface area contributed by atoms with Gasteiger partial charge in [0.2, 0.25) is 0 Å². The van der Waals surface area contributed by atoms with Gasteiger partial charge in [-0.15, -0.1) is 0 Å². The van der Waals surface area contributed by atoms with E-state index in [4.69, 9.17) is 16.3 Å². The third kappa shape index (κ3) is 4.48. The molecular weight excluding hydrogens is 354 g/mol. The Labute approximate surface area is 139 Å². The molecule has 0 unspecified atom stereocenters. The molecule has 0 saturated carbocycles. The lowest BCUT2D eigenvalue weighted by molar-refractivity contribution is 0.0270. The minimum absolute atomic E-state index is 0.261. The van der Waals surface area contributed by atoms with E-state index < -0.39 is 5.60 Å². The van der Waals surface area contributed by atoms with Crippen molar-refractivity contribution in [3.63, 3.8) is 0 Å². The number of halogens is 2. The van der Waals surface area contributed by atoms with Crippen LogP contribution in [0.2, 0.25) is 5.02 Å². The number of benzene rings is 1. The highest BCUT2D eigenvalue weighted by Gasteiger charge is 2.24. The quantitative estimate of drug-likeness (QED) is 0.684. The van der Waals surface area contributed by atoms with E-state index in [2.05, 4.69) is 22.0 Å². The molecule has 0 aromatic heterocycles. The van der Waals surface area contributed by atoms with Crippen molar-refractivity contribution >= 4 is 39.2 Å². The number of amides is 1.